The molecule has 216 valence electrons. The van der Waals surface area contributed by atoms with Crippen LogP contribution in [-0.2, 0) is 20.8 Å². The number of hydrogen-bond acceptors (Lipinski definition) is 8. The van der Waals surface area contributed by atoms with E-state index >= 15 is 0 Å². The van der Waals surface area contributed by atoms with Gasteiger partial charge in [0.2, 0.25) is 11.8 Å². The number of anilines is 2. The fourth-order valence-corrected chi connectivity index (χ4v) is 3.81. The van der Waals surface area contributed by atoms with E-state index in [0.29, 0.717) is 18.1 Å². The molecule has 1 amide bonds. The molecule has 9 nitrogen and oxygen atoms in total. The molecule has 0 atom stereocenters. The zero-order chi connectivity index (χ0) is 29.9. The van der Waals surface area contributed by atoms with Crippen molar-refractivity contribution in [2.24, 2.45) is 0 Å². The fourth-order valence-electron chi connectivity index (χ4n) is 3.02. The van der Waals surface area contributed by atoms with Crippen LogP contribution < -0.4 is 15.4 Å². The van der Waals surface area contributed by atoms with Gasteiger partial charge in [0.15, 0.2) is 9.84 Å². The zero-order valence-electron chi connectivity index (χ0n) is 22.2. The number of ether oxygens (including phenoxy) is 1. The van der Waals surface area contributed by atoms with Crippen LogP contribution in [0.4, 0.5) is 24.7 Å². The van der Waals surface area contributed by atoms with Crippen molar-refractivity contribution < 1.29 is 31.1 Å². The molecule has 40 heavy (non-hydrogen) atoms. The first-order chi connectivity index (χ1) is 18.7. The van der Waals surface area contributed by atoms with Crippen LogP contribution in [0.15, 0.2) is 48.9 Å². The maximum absolute atomic E-state index is 12.8. The number of nitrogens with one attached hydrogen (secondary N) is 2. The molecule has 0 aliphatic rings. The summed E-state index contributed by atoms with van der Waals surface area (Å²) in [5.41, 5.74) is 1.33. The van der Waals surface area contributed by atoms with E-state index in [1.54, 1.807) is 6.07 Å². The first-order valence-corrected chi connectivity index (χ1v) is 14.3. The normalized spacial score (nSPS) is 11.5. The van der Waals surface area contributed by atoms with Crippen molar-refractivity contribution in [1.29, 1.82) is 0 Å². The number of rotatable bonds is 9. The Morgan fingerprint density at radius 3 is 2.50 bits per heavy atom. The standard InChI is InChI=1S/C20H16ClF3N4O.C6H13NO3S/c1-3-5-17-12(2)18(27-11-26-17)28-14-9-16(21)19(25-10-14)29-15-7-4-6-13(8-15)20(22,23)24;1-3-4-7-6(8)5-11(2,9)10/h3-11H,1-2H3,(H,26,27,28);3-5H2,1-2H3,(H,7,8)/b5-3-;. The van der Waals surface area contributed by atoms with Gasteiger partial charge in [0.25, 0.3) is 0 Å². The molecule has 0 radical (unpaired) electrons. The summed E-state index contributed by atoms with van der Waals surface area (Å²) in [4.78, 5) is 23.2. The number of carbonyl (C=O) groups is 1. The molecule has 2 aromatic heterocycles. The van der Waals surface area contributed by atoms with Crippen LogP contribution in [0.2, 0.25) is 5.02 Å². The lowest BCUT2D eigenvalue weighted by Crippen LogP contribution is -2.30. The van der Waals surface area contributed by atoms with Gasteiger partial charge in [0.1, 0.15) is 28.7 Å². The van der Waals surface area contributed by atoms with Crippen LogP contribution in [0.25, 0.3) is 6.08 Å². The van der Waals surface area contributed by atoms with Gasteiger partial charge in [0.05, 0.1) is 23.1 Å². The van der Waals surface area contributed by atoms with Crippen LogP contribution in [0.5, 0.6) is 11.6 Å². The molecule has 0 saturated heterocycles. The molecule has 3 aromatic rings. The molecule has 3 rings (SSSR count). The Hall–Kier alpha value is -3.71. The molecule has 0 fully saturated rings. The van der Waals surface area contributed by atoms with Crippen LogP contribution >= 0.6 is 11.6 Å². The topological polar surface area (TPSA) is 123 Å². The van der Waals surface area contributed by atoms with Crippen molar-refractivity contribution in [2.45, 2.75) is 33.4 Å². The average Bonchev–Trinajstić information content (AvgIpc) is 2.86. The van der Waals surface area contributed by atoms with Gasteiger partial charge >= 0.3 is 6.18 Å². The number of hydrogen-bond donors (Lipinski definition) is 2. The number of allylic oxidation sites excluding steroid dienone is 1. The summed E-state index contributed by atoms with van der Waals surface area (Å²) in [7, 11) is -3.17. The molecule has 1 aromatic carbocycles. The Balaban J connectivity index is 0.000000432. The summed E-state index contributed by atoms with van der Waals surface area (Å²) in [6.07, 6.45) is 4.01. The van der Waals surface area contributed by atoms with E-state index < -0.39 is 33.2 Å². The van der Waals surface area contributed by atoms with Gasteiger partial charge in [-0.25, -0.2) is 23.4 Å². The van der Waals surface area contributed by atoms with E-state index in [2.05, 4.69) is 25.6 Å². The van der Waals surface area contributed by atoms with E-state index in [1.165, 1.54) is 24.7 Å². The largest absolute Gasteiger partial charge is 0.438 e. The van der Waals surface area contributed by atoms with Gasteiger partial charge in [0, 0.05) is 18.4 Å². The highest BCUT2D eigenvalue weighted by Crippen LogP contribution is 2.34. The van der Waals surface area contributed by atoms with Gasteiger partial charge in [-0.15, -0.1) is 0 Å². The number of carbonyl (C=O) groups excluding carboxylic acids is 1. The Kier molecular flexibility index (Phi) is 11.9. The van der Waals surface area contributed by atoms with Gasteiger partial charge in [-0.1, -0.05) is 30.7 Å². The van der Waals surface area contributed by atoms with E-state index in [4.69, 9.17) is 16.3 Å². The SMILES string of the molecule is C/C=C\c1ncnc(Nc2cnc(Oc3cccc(C(F)(F)F)c3)c(Cl)c2)c1C.CCCNC(=O)CS(C)(=O)=O. The Morgan fingerprint density at radius 2 is 1.90 bits per heavy atom. The molecular formula is C26H29ClF3N5O4S. The predicted octanol–water partition coefficient (Wildman–Crippen LogP) is 5.98. The minimum absolute atomic E-state index is 0.00874. The van der Waals surface area contributed by atoms with Crippen LogP contribution in [-0.4, -0.2) is 47.8 Å². The highest BCUT2D eigenvalue weighted by Gasteiger charge is 2.30. The fraction of sp³-hybridized carbons (Fsp3) is 0.308. The van der Waals surface area contributed by atoms with Crippen molar-refractivity contribution in [3.05, 3.63) is 70.8 Å². The summed E-state index contributed by atoms with van der Waals surface area (Å²) in [5, 5.41) is 5.70. The van der Waals surface area contributed by atoms with Gasteiger partial charge in [-0.2, -0.15) is 13.2 Å². The molecule has 0 bridgehead atoms. The summed E-state index contributed by atoms with van der Waals surface area (Å²) in [5.74, 6) is -0.275. The average molecular weight is 600 g/mol. The lowest BCUT2D eigenvalue weighted by molar-refractivity contribution is -0.137. The summed E-state index contributed by atoms with van der Waals surface area (Å²) >= 11 is 6.20. The van der Waals surface area contributed by atoms with Crippen LogP contribution in [0.1, 0.15) is 37.1 Å². The summed E-state index contributed by atoms with van der Waals surface area (Å²) < 4.78 is 65.0. The smallest absolute Gasteiger partial charge is 0.416 e. The summed E-state index contributed by atoms with van der Waals surface area (Å²) in [6, 6.07) is 6.04. The van der Waals surface area contributed by atoms with Crippen molar-refractivity contribution in [2.75, 3.05) is 23.9 Å². The van der Waals surface area contributed by atoms with Gasteiger partial charge in [-0.05, 0) is 50.6 Å². The number of pyridine rings is 1. The molecule has 14 heteroatoms. The number of alkyl halides is 3. The second-order valence-corrected chi connectivity index (χ2v) is 11.0. The van der Waals surface area contributed by atoms with E-state index in [9.17, 15) is 26.4 Å². The molecule has 2 N–H and O–H groups in total. The highest BCUT2D eigenvalue weighted by molar-refractivity contribution is 7.91. The van der Waals surface area contributed by atoms with E-state index in [1.807, 2.05) is 32.9 Å². The lowest BCUT2D eigenvalue weighted by atomic mass is 10.2. The third-order valence-electron chi connectivity index (χ3n) is 4.86. The first-order valence-electron chi connectivity index (χ1n) is 11.9. The number of halogens is 4. The van der Waals surface area contributed by atoms with E-state index in [-0.39, 0.29) is 16.7 Å². The minimum atomic E-state index is -4.47. The molecule has 2 heterocycles. The van der Waals surface area contributed by atoms with Crippen molar-refractivity contribution >= 4 is 44.9 Å². The van der Waals surface area contributed by atoms with Crippen LogP contribution in [0.3, 0.4) is 0 Å². The van der Waals surface area contributed by atoms with Crippen molar-refractivity contribution in [3.63, 3.8) is 0 Å². The molecule has 0 aliphatic carbocycles. The Bertz CT molecular complexity index is 1450. The monoisotopic (exact) mass is 599 g/mol. The minimum Gasteiger partial charge on any atom is -0.438 e. The van der Waals surface area contributed by atoms with Crippen molar-refractivity contribution in [3.8, 4) is 11.6 Å². The second-order valence-electron chi connectivity index (χ2n) is 8.42. The van der Waals surface area contributed by atoms with Gasteiger partial charge < -0.3 is 15.4 Å². The van der Waals surface area contributed by atoms with Gasteiger partial charge in [-0.3, -0.25) is 4.79 Å². The molecule has 0 unspecified atom stereocenters. The Labute approximate surface area is 235 Å². The third-order valence-corrected chi connectivity index (χ3v) is 5.92. The lowest BCUT2D eigenvalue weighted by Gasteiger charge is -2.12. The Morgan fingerprint density at radius 1 is 1.18 bits per heavy atom. The molecular weight excluding hydrogens is 571 g/mol. The quantitative estimate of drug-likeness (QED) is 0.308. The first kappa shape index (κ1) is 32.5. The zero-order valence-corrected chi connectivity index (χ0v) is 23.8. The highest BCUT2D eigenvalue weighted by atomic mass is 35.5. The maximum Gasteiger partial charge on any atom is 0.416 e. The number of benzene rings is 1. The molecule has 0 aliphatic heterocycles. The number of amides is 1. The summed E-state index contributed by atoms with van der Waals surface area (Å²) in [6.45, 7) is 6.20. The maximum atomic E-state index is 12.8. The second kappa shape index (κ2) is 14.6. The number of nitrogens with zero attached hydrogens (tertiary/aromatic N) is 3. The molecule has 0 saturated carbocycles. The number of sulfone groups is 1. The third kappa shape index (κ3) is 10.8. The molecule has 0 spiro atoms. The van der Waals surface area contributed by atoms with E-state index in [0.717, 1.165) is 36.1 Å². The predicted molar refractivity (Wildman–Crippen MR) is 149 cm³/mol. The van der Waals surface area contributed by atoms with Crippen LogP contribution in [0, 0.1) is 6.92 Å². The number of aromatic nitrogens is 3. The van der Waals surface area contributed by atoms with Crippen molar-refractivity contribution in [1.82, 2.24) is 20.3 Å².